The molecular weight excluding hydrogens is 324 g/mol. The van der Waals surface area contributed by atoms with Crippen LogP contribution >= 0.6 is 0 Å². The van der Waals surface area contributed by atoms with Crippen LogP contribution in [0.15, 0.2) is 33.2 Å². The molecule has 4 fully saturated rings. The summed E-state index contributed by atoms with van der Waals surface area (Å²) in [7, 11) is 0. The van der Waals surface area contributed by atoms with Gasteiger partial charge in [-0.15, -0.1) is 0 Å². The van der Waals surface area contributed by atoms with Gasteiger partial charge in [-0.1, -0.05) is 0 Å². The van der Waals surface area contributed by atoms with Crippen LogP contribution in [0.25, 0.3) is 5.57 Å². The number of ketones is 2. The average Bonchev–Trinajstić information content (AvgIpc) is 3.47. The van der Waals surface area contributed by atoms with Gasteiger partial charge in [-0.3, -0.25) is 14.4 Å². The highest BCUT2D eigenvalue weighted by Crippen LogP contribution is 2.80. The van der Waals surface area contributed by atoms with Crippen LogP contribution in [0.4, 0.5) is 0 Å². The Morgan fingerprint density at radius 2 is 1.72 bits per heavy atom. The monoisotopic (exact) mass is 340 g/mol. The quantitative estimate of drug-likeness (QED) is 0.642. The van der Waals surface area contributed by atoms with Crippen LogP contribution in [0.3, 0.4) is 0 Å². The van der Waals surface area contributed by atoms with Crippen molar-refractivity contribution in [3.8, 4) is 5.75 Å². The van der Waals surface area contributed by atoms with Crippen molar-refractivity contribution in [1.82, 2.24) is 0 Å². The normalized spacial score (nSPS) is 35.0. The highest BCUT2D eigenvalue weighted by Gasteiger charge is 2.76. The molecule has 6 rings (SSSR count). The molecule has 0 amide bonds. The SMILES string of the molecule is O=C1C=C(O)C(c2oc(CC3CCC4C5C3C45)cc(=O)c2O)=CC1=O. The van der Waals surface area contributed by atoms with Gasteiger partial charge in [0.1, 0.15) is 11.5 Å². The molecule has 0 radical (unpaired) electrons. The van der Waals surface area contributed by atoms with Gasteiger partial charge in [-0.05, 0) is 42.4 Å². The Morgan fingerprint density at radius 3 is 2.44 bits per heavy atom. The number of carbonyl (C=O) groups is 2. The lowest BCUT2D eigenvalue weighted by molar-refractivity contribution is -0.131. The van der Waals surface area contributed by atoms with Crippen LogP contribution < -0.4 is 5.43 Å². The second-order valence-corrected chi connectivity index (χ2v) is 7.51. The van der Waals surface area contributed by atoms with Crippen molar-refractivity contribution in [2.24, 2.45) is 29.6 Å². The third-order valence-electron chi connectivity index (χ3n) is 6.20. The first-order valence-electron chi connectivity index (χ1n) is 8.53. The first kappa shape index (κ1) is 14.7. The van der Waals surface area contributed by atoms with E-state index in [0.717, 1.165) is 42.2 Å². The summed E-state index contributed by atoms with van der Waals surface area (Å²) in [5.41, 5.74) is -0.761. The predicted molar refractivity (Wildman–Crippen MR) is 85.7 cm³/mol. The van der Waals surface area contributed by atoms with Gasteiger partial charge in [0.05, 0.1) is 5.57 Å². The number of aromatic hydroxyl groups is 1. The van der Waals surface area contributed by atoms with E-state index in [1.165, 1.54) is 12.5 Å². The first-order chi connectivity index (χ1) is 12.0. The Kier molecular flexibility index (Phi) is 2.77. The van der Waals surface area contributed by atoms with Crippen molar-refractivity contribution in [3.63, 3.8) is 0 Å². The van der Waals surface area contributed by atoms with Gasteiger partial charge in [0, 0.05) is 24.6 Å². The van der Waals surface area contributed by atoms with E-state index in [1.54, 1.807) is 0 Å². The van der Waals surface area contributed by atoms with E-state index in [2.05, 4.69) is 0 Å². The molecule has 2 bridgehead atoms. The summed E-state index contributed by atoms with van der Waals surface area (Å²) in [6.07, 6.45) is 4.61. The Hall–Kier alpha value is -2.63. The molecule has 1 aromatic heterocycles. The van der Waals surface area contributed by atoms with Gasteiger partial charge < -0.3 is 14.6 Å². The number of hydrogen-bond acceptors (Lipinski definition) is 6. The molecule has 6 heteroatoms. The van der Waals surface area contributed by atoms with E-state index in [1.807, 2.05) is 0 Å². The van der Waals surface area contributed by atoms with Gasteiger partial charge >= 0.3 is 0 Å². The minimum Gasteiger partial charge on any atom is -0.507 e. The van der Waals surface area contributed by atoms with E-state index < -0.39 is 28.5 Å². The maximum Gasteiger partial charge on any atom is 0.229 e. The minimum atomic E-state index is -0.857. The van der Waals surface area contributed by atoms with Crippen LogP contribution in [0.1, 0.15) is 24.4 Å². The number of hydrogen-bond donors (Lipinski definition) is 2. The second-order valence-electron chi connectivity index (χ2n) is 7.51. The fourth-order valence-electron chi connectivity index (χ4n) is 4.90. The molecule has 128 valence electrons. The summed E-state index contributed by atoms with van der Waals surface area (Å²) < 4.78 is 5.68. The number of rotatable bonds is 3. The van der Waals surface area contributed by atoms with Crippen molar-refractivity contribution in [1.29, 1.82) is 0 Å². The van der Waals surface area contributed by atoms with Crippen LogP contribution in [0.5, 0.6) is 5.75 Å². The fourth-order valence-corrected chi connectivity index (χ4v) is 4.90. The van der Waals surface area contributed by atoms with E-state index in [0.29, 0.717) is 18.1 Å². The zero-order valence-electron chi connectivity index (χ0n) is 13.3. The summed E-state index contributed by atoms with van der Waals surface area (Å²) in [5.74, 6) is 1.22. The lowest BCUT2D eigenvalue weighted by Crippen LogP contribution is -2.23. The third kappa shape index (κ3) is 2.06. The summed E-state index contributed by atoms with van der Waals surface area (Å²) in [4.78, 5) is 35.0. The summed E-state index contributed by atoms with van der Waals surface area (Å²) in [6.45, 7) is 0. The molecule has 3 unspecified atom stereocenters. The number of allylic oxidation sites excluding steroid dienone is 3. The zero-order valence-corrected chi connectivity index (χ0v) is 13.3. The number of carbonyl (C=O) groups excluding carboxylic acids is 2. The standard InChI is InChI=1S/C19H16O6/c20-11-6-13(22)12(21)5-10(11)19-18(24)14(23)4-8(25-19)3-7-1-2-9-16-15(7)17(9)16/h4-7,9,15-17,20,24H,1-3H2. The number of fused-ring (bicyclic) bond motifs is 2. The van der Waals surface area contributed by atoms with Crippen LogP contribution in [0.2, 0.25) is 0 Å². The Morgan fingerprint density at radius 1 is 1.00 bits per heavy atom. The van der Waals surface area contributed by atoms with Crippen molar-refractivity contribution in [3.05, 3.63) is 45.7 Å². The molecule has 6 nitrogen and oxygen atoms in total. The van der Waals surface area contributed by atoms with Crippen molar-refractivity contribution >= 4 is 17.1 Å². The maximum absolute atomic E-state index is 12.1. The molecule has 2 N–H and O–H groups in total. The molecular formula is C19H16O6. The Labute approximate surface area is 142 Å². The van der Waals surface area contributed by atoms with E-state index in [4.69, 9.17) is 4.42 Å². The predicted octanol–water partition coefficient (Wildman–Crippen LogP) is 1.77. The number of aliphatic hydroxyl groups is 1. The van der Waals surface area contributed by atoms with Crippen LogP contribution in [-0.4, -0.2) is 21.8 Å². The second kappa shape index (κ2) is 4.71. The molecule has 25 heavy (non-hydrogen) atoms. The highest BCUT2D eigenvalue weighted by molar-refractivity contribution is 6.48. The van der Waals surface area contributed by atoms with Crippen LogP contribution in [0, 0.1) is 29.6 Å². The van der Waals surface area contributed by atoms with Gasteiger partial charge in [0.15, 0.2) is 5.76 Å². The van der Waals surface area contributed by atoms with Crippen molar-refractivity contribution in [2.75, 3.05) is 0 Å². The minimum absolute atomic E-state index is 0.140. The van der Waals surface area contributed by atoms with Gasteiger partial charge in [0.2, 0.25) is 22.7 Å². The first-order valence-corrected chi connectivity index (χ1v) is 8.53. The molecule has 1 heterocycles. The summed E-state index contributed by atoms with van der Waals surface area (Å²) >= 11 is 0. The third-order valence-corrected chi connectivity index (χ3v) is 6.20. The lowest BCUT2D eigenvalue weighted by atomic mass is 9.77. The van der Waals surface area contributed by atoms with Crippen molar-refractivity contribution < 1.29 is 24.2 Å². The van der Waals surface area contributed by atoms with Crippen LogP contribution in [-0.2, 0) is 16.0 Å². The van der Waals surface area contributed by atoms with Gasteiger partial charge in [-0.2, -0.15) is 0 Å². The van der Waals surface area contributed by atoms with Crippen molar-refractivity contribution in [2.45, 2.75) is 19.3 Å². The highest BCUT2D eigenvalue weighted by atomic mass is 16.4. The smallest absolute Gasteiger partial charge is 0.229 e. The largest absolute Gasteiger partial charge is 0.507 e. The number of aliphatic hydroxyl groups excluding tert-OH is 1. The molecule has 3 atom stereocenters. The van der Waals surface area contributed by atoms with Gasteiger partial charge in [0.25, 0.3) is 0 Å². The maximum atomic E-state index is 12.1. The molecule has 5 aliphatic carbocycles. The molecule has 0 aromatic carbocycles. The zero-order chi connectivity index (χ0) is 17.5. The Balaban J connectivity index is 1.49. The van der Waals surface area contributed by atoms with E-state index >= 15 is 0 Å². The summed E-state index contributed by atoms with van der Waals surface area (Å²) in [6, 6.07) is 1.27. The average molecular weight is 340 g/mol. The lowest BCUT2D eigenvalue weighted by Gasteiger charge is -2.28. The molecule has 0 aliphatic heterocycles. The molecule has 0 spiro atoms. The molecule has 1 aromatic rings. The Bertz CT molecular complexity index is 939. The molecule has 4 saturated carbocycles. The topological polar surface area (TPSA) is 105 Å². The molecule has 0 saturated heterocycles. The van der Waals surface area contributed by atoms with Gasteiger partial charge in [-0.25, -0.2) is 0 Å². The fraction of sp³-hybridized carbons (Fsp3) is 0.421. The summed E-state index contributed by atoms with van der Waals surface area (Å²) in [5, 5.41) is 20.0. The van der Waals surface area contributed by atoms with E-state index in [-0.39, 0.29) is 11.3 Å². The van der Waals surface area contributed by atoms with E-state index in [9.17, 15) is 24.6 Å². The molecule has 5 aliphatic rings.